The van der Waals surface area contributed by atoms with Gasteiger partial charge in [0, 0.05) is 11.4 Å². The van der Waals surface area contributed by atoms with Gasteiger partial charge in [-0.05, 0) is 25.1 Å². The molecule has 0 aliphatic carbocycles. The number of halogens is 2. The Morgan fingerprint density at radius 2 is 2.24 bits per heavy atom. The summed E-state index contributed by atoms with van der Waals surface area (Å²) in [5.74, 6) is 0.623. The van der Waals surface area contributed by atoms with Gasteiger partial charge in [0.25, 0.3) is 0 Å². The standard InChI is InChI=1S/C13H14Cl2N4OS/c1-3-11-17-13(19-18-11)21-7(2)12(20)16-10-5-4-8(14)6-9(10)15/h4-7H,3H2,1-2H3,(H,16,20)(H,17,18,19). The van der Waals surface area contributed by atoms with Crippen molar-refractivity contribution in [1.82, 2.24) is 15.2 Å². The molecule has 8 heteroatoms. The molecule has 21 heavy (non-hydrogen) atoms. The first-order valence-electron chi connectivity index (χ1n) is 6.33. The summed E-state index contributed by atoms with van der Waals surface area (Å²) in [5.41, 5.74) is 0.530. The lowest BCUT2D eigenvalue weighted by atomic mass is 10.3. The zero-order valence-electron chi connectivity index (χ0n) is 11.5. The second-order valence-corrected chi connectivity index (χ2v) is 6.44. The third-order valence-electron chi connectivity index (χ3n) is 2.69. The van der Waals surface area contributed by atoms with Crippen LogP contribution in [0.3, 0.4) is 0 Å². The molecule has 5 nitrogen and oxygen atoms in total. The van der Waals surface area contributed by atoms with Crippen LogP contribution in [0.4, 0.5) is 5.69 Å². The third-order valence-corrected chi connectivity index (χ3v) is 4.20. The Balaban J connectivity index is 1.99. The molecule has 0 aliphatic rings. The Morgan fingerprint density at radius 3 is 2.86 bits per heavy atom. The van der Waals surface area contributed by atoms with Crippen molar-refractivity contribution in [2.45, 2.75) is 30.7 Å². The highest BCUT2D eigenvalue weighted by molar-refractivity contribution is 8.00. The van der Waals surface area contributed by atoms with E-state index in [1.807, 2.05) is 6.92 Å². The Hall–Kier alpha value is -1.24. The van der Waals surface area contributed by atoms with E-state index in [-0.39, 0.29) is 11.2 Å². The zero-order valence-corrected chi connectivity index (χ0v) is 13.8. The molecule has 2 N–H and O–H groups in total. The average molecular weight is 345 g/mol. The van der Waals surface area contributed by atoms with Crippen LogP contribution >= 0.6 is 35.0 Å². The lowest BCUT2D eigenvalue weighted by Crippen LogP contribution is -2.22. The summed E-state index contributed by atoms with van der Waals surface area (Å²) in [7, 11) is 0. The summed E-state index contributed by atoms with van der Waals surface area (Å²) in [6.07, 6.45) is 0.772. The van der Waals surface area contributed by atoms with Gasteiger partial charge in [-0.25, -0.2) is 4.98 Å². The summed E-state index contributed by atoms with van der Waals surface area (Å²) in [6, 6.07) is 4.92. The summed E-state index contributed by atoms with van der Waals surface area (Å²) in [6.45, 7) is 3.76. The molecule has 0 saturated heterocycles. The maximum Gasteiger partial charge on any atom is 0.237 e. The van der Waals surface area contributed by atoms with E-state index in [9.17, 15) is 4.79 Å². The molecule has 1 aromatic carbocycles. The fraction of sp³-hybridized carbons (Fsp3) is 0.308. The van der Waals surface area contributed by atoms with Crippen molar-refractivity contribution in [3.63, 3.8) is 0 Å². The number of carbonyl (C=O) groups excluding carboxylic acids is 1. The van der Waals surface area contributed by atoms with Crippen LogP contribution in [-0.2, 0) is 11.2 Å². The minimum absolute atomic E-state index is 0.174. The van der Waals surface area contributed by atoms with E-state index >= 15 is 0 Å². The summed E-state index contributed by atoms with van der Waals surface area (Å²) >= 11 is 13.1. The number of nitrogens with one attached hydrogen (secondary N) is 2. The highest BCUT2D eigenvalue weighted by Gasteiger charge is 2.18. The Kier molecular flexibility index (Phi) is 5.50. The summed E-state index contributed by atoms with van der Waals surface area (Å²) < 4.78 is 0. The fourth-order valence-corrected chi connectivity index (χ4v) is 2.72. The van der Waals surface area contributed by atoms with Crippen molar-refractivity contribution in [2.24, 2.45) is 0 Å². The summed E-state index contributed by atoms with van der Waals surface area (Å²) in [4.78, 5) is 16.4. The minimum atomic E-state index is -0.350. The van der Waals surface area contributed by atoms with Crippen molar-refractivity contribution in [1.29, 1.82) is 0 Å². The first kappa shape index (κ1) is 16.1. The van der Waals surface area contributed by atoms with Gasteiger partial charge in [0.05, 0.1) is 16.0 Å². The Morgan fingerprint density at radius 1 is 1.48 bits per heavy atom. The van der Waals surface area contributed by atoms with Crippen LogP contribution in [0.25, 0.3) is 0 Å². The van der Waals surface area contributed by atoms with E-state index in [1.165, 1.54) is 11.8 Å². The molecule has 0 radical (unpaired) electrons. The van der Waals surface area contributed by atoms with E-state index in [2.05, 4.69) is 20.5 Å². The Labute approximate surface area is 136 Å². The van der Waals surface area contributed by atoms with Crippen molar-refractivity contribution in [2.75, 3.05) is 5.32 Å². The van der Waals surface area contributed by atoms with E-state index in [0.29, 0.717) is 20.9 Å². The number of anilines is 1. The van der Waals surface area contributed by atoms with Crippen LogP contribution in [0.15, 0.2) is 23.4 Å². The van der Waals surface area contributed by atoms with Gasteiger partial charge in [-0.15, -0.1) is 5.10 Å². The maximum absolute atomic E-state index is 12.1. The number of aryl methyl sites for hydroxylation is 1. The lowest BCUT2D eigenvalue weighted by Gasteiger charge is -2.11. The van der Waals surface area contributed by atoms with Gasteiger partial charge < -0.3 is 5.32 Å². The number of thioether (sulfide) groups is 1. The molecule has 2 aromatic rings. The van der Waals surface area contributed by atoms with Gasteiger partial charge in [-0.2, -0.15) is 0 Å². The van der Waals surface area contributed by atoms with E-state index in [0.717, 1.165) is 12.2 Å². The van der Waals surface area contributed by atoms with E-state index in [4.69, 9.17) is 23.2 Å². The number of amides is 1. The number of aromatic amines is 1. The van der Waals surface area contributed by atoms with Crippen LogP contribution in [0, 0.1) is 0 Å². The molecule has 0 aliphatic heterocycles. The number of nitrogens with zero attached hydrogens (tertiary/aromatic N) is 2. The van der Waals surface area contributed by atoms with Gasteiger partial charge >= 0.3 is 0 Å². The molecule has 1 unspecified atom stereocenters. The van der Waals surface area contributed by atoms with Crippen LogP contribution in [0.1, 0.15) is 19.7 Å². The van der Waals surface area contributed by atoms with Crippen LogP contribution in [0.2, 0.25) is 10.0 Å². The SMILES string of the molecule is CCc1nc(SC(C)C(=O)Nc2ccc(Cl)cc2Cl)n[nH]1. The predicted octanol–water partition coefficient (Wildman–Crippen LogP) is 3.79. The zero-order chi connectivity index (χ0) is 15.4. The van der Waals surface area contributed by atoms with Crippen LogP contribution in [-0.4, -0.2) is 26.3 Å². The first-order valence-corrected chi connectivity index (χ1v) is 7.97. The molecule has 0 fully saturated rings. The second kappa shape index (κ2) is 7.15. The maximum atomic E-state index is 12.1. The highest BCUT2D eigenvalue weighted by atomic mass is 35.5. The van der Waals surface area contributed by atoms with E-state index < -0.39 is 0 Å². The van der Waals surface area contributed by atoms with E-state index in [1.54, 1.807) is 25.1 Å². The number of aromatic nitrogens is 3. The molecular weight excluding hydrogens is 331 g/mol. The average Bonchev–Trinajstić information content (AvgIpc) is 2.89. The lowest BCUT2D eigenvalue weighted by molar-refractivity contribution is -0.115. The quantitative estimate of drug-likeness (QED) is 0.809. The van der Waals surface area contributed by atoms with Gasteiger partial charge in [0.1, 0.15) is 5.82 Å². The molecule has 2 rings (SSSR count). The fourth-order valence-electron chi connectivity index (χ4n) is 1.53. The number of hydrogen-bond donors (Lipinski definition) is 2. The van der Waals surface area contributed by atoms with Crippen LogP contribution in [0.5, 0.6) is 0 Å². The third kappa shape index (κ3) is 4.36. The molecule has 1 atom stereocenters. The molecule has 0 saturated carbocycles. The van der Waals surface area contributed by atoms with Gasteiger partial charge in [-0.3, -0.25) is 9.89 Å². The molecule has 1 amide bonds. The number of H-pyrrole nitrogens is 1. The van der Waals surface area contributed by atoms with Crippen molar-refractivity contribution in [3.05, 3.63) is 34.1 Å². The van der Waals surface area contributed by atoms with Gasteiger partial charge in [0.2, 0.25) is 11.1 Å². The Bertz CT molecular complexity index is 647. The van der Waals surface area contributed by atoms with Crippen molar-refractivity contribution < 1.29 is 4.79 Å². The number of carbonyl (C=O) groups is 1. The van der Waals surface area contributed by atoms with Crippen molar-refractivity contribution >= 4 is 46.6 Å². The molecule has 112 valence electrons. The highest BCUT2D eigenvalue weighted by Crippen LogP contribution is 2.27. The number of benzene rings is 1. The molecule has 0 bridgehead atoms. The topological polar surface area (TPSA) is 70.7 Å². The monoisotopic (exact) mass is 344 g/mol. The predicted molar refractivity (Wildman–Crippen MR) is 86.2 cm³/mol. The molecular formula is C13H14Cl2N4OS. The van der Waals surface area contributed by atoms with Gasteiger partial charge in [0.15, 0.2) is 0 Å². The van der Waals surface area contributed by atoms with Gasteiger partial charge in [-0.1, -0.05) is 41.9 Å². The van der Waals surface area contributed by atoms with Crippen LogP contribution < -0.4 is 5.32 Å². The molecule has 0 spiro atoms. The second-order valence-electron chi connectivity index (χ2n) is 4.29. The number of hydrogen-bond acceptors (Lipinski definition) is 4. The smallest absolute Gasteiger partial charge is 0.237 e. The first-order chi connectivity index (χ1) is 9.99. The number of rotatable bonds is 5. The normalized spacial score (nSPS) is 12.2. The minimum Gasteiger partial charge on any atom is -0.324 e. The largest absolute Gasteiger partial charge is 0.324 e. The molecule has 1 heterocycles. The summed E-state index contributed by atoms with van der Waals surface area (Å²) in [5, 5.41) is 10.8. The van der Waals surface area contributed by atoms with Crippen molar-refractivity contribution in [3.8, 4) is 0 Å². The molecule has 1 aromatic heterocycles.